The van der Waals surface area contributed by atoms with Gasteiger partial charge in [-0.05, 0) is 31.2 Å². The lowest BCUT2D eigenvalue weighted by atomic mass is 10.2. The number of carbonyl (C=O) groups is 1. The van der Waals surface area contributed by atoms with Crippen LogP contribution in [0.5, 0.6) is 0 Å². The predicted octanol–water partition coefficient (Wildman–Crippen LogP) is 0.703. The van der Waals surface area contributed by atoms with E-state index in [1.54, 1.807) is 11.9 Å². The summed E-state index contributed by atoms with van der Waals surface area (Å²) in [6.45, 7) is 2.98. The van der Waals surface area contributed by atoms with Gasteiger partial charge in [0.1, 0.15) is 0 Å². The van der Waals surface area contributed by atoms with Gasteiger partial charge in [-0.3, -0.25) is 4.79 Å². The minimum Gasteiger partial charge on any atom is -0.383 e. The normalized spacial score (nSPS) is 11.3. The lowest BCUT2D eigenvalue weighted by Crippen LogP contribution is -2.28. The molecule has 0 aromatic heterocycles. The summed E-state index contributed by atoms with van der Waals surface area (Å²) in [4.78, 5) is 13.6. The van der Waals surface area contributed by atoms with Crippen molar-refractivity contribution < 1.29 is 17.9 Å². The van der Waals surface area contributed by atoms with Gasteiger partial charge in [0.05, 0.1) is 11.5 Å². The van der Waals surface area contributed by atoms with Crippen LogP contribution < -0.4 is 4.72 Å². The predicted molar refractivity (Wildman–Crippen MR) is 76.1 cm³/mol. The van der Waals surface area contributed by atoms with Gasteiger partial charge in [0, 0.05) is 32.8 Å². The lowest BCUT2D eigenvalue weighted by Gasteiger charge is -2.14. The third-order valence-corrected chi connectivity index (χ3v) is 4.31. The Kier molecular flexibility index (Phi) is 6.12. The summed E-state index contributed by atoms with van der Waals surface area (Å²) < 4.78 is 31.0. The van der Waals surface area contributed by atoms with Gasteiger partial charge in [0.25, 0.3) is 5.91 Å². The number of ether oxygens (including phenoxy) is 1. The number of hydrogen-bond donors (Lipinski definition) is 1. The quantitative estimate of drug-likeness (QED) is 0.752. The number of nitrogens with one attached hydrogen (secondary N) is 1. The molecule has 0 atom stereocenters. The molecule has 0 bridgehead atoms. The van der Waals surface area contributed by atoms with Gasteiger partial charge in [-0.1, -0.05) is 0 Å². The molecule has 0 saturated carbocycles. The van der Waals surface area contributed by atoms with Crippen LogP contribution in [0, 0.1) is 0 Å². The Labute approximate surface area is 119 Å². The van der Waals surface area contributed by atoms with Crippen LogP contribution in [0.2, 0.25) is 0 Å². The van der Waals surface area contributed by atoms with E-state index in [9.17, 15) is 13.2 Å². The van der Waals surface area contributed by atoms with Crippen LogP contribution in [0.1, 0.15) is 17.3 Å². The standard InChI is InChI=1S/C13H20N2O4S/c1-4-15(2)13(16)11-5-7-12(8-6-11)20(17,18)14-9-10-19-3/h5-8,14H,4,9-10H2,1-3H3. The highest BCUT2D eigenvalue weighted by atomic mass is 32.2. The number of methoxy groups -OCH3 is 1. The first kappa shape index (κ1) is 16.6. The highest BCUT2D eigenvalue weighted by Gasteiger charge is 2.15. The van der Waals surface area contributed by atoms with E-state index in [4.69, 9.17) is 4.74 Å². The molecule has 20 heavy (non-hydrogen) atoms. The molecule has 1 rings (SSSR count). The van der Waals surface area contributed by atoms with Crippen molar-refractivity contribution in [1.82, 2.24) is 9.62 Å². The molecule has 1 amide bonds. The molecule has 7 heteroatoms. The van der Waals surface area contributed by atoms with Crippen LogP contribution >= 0.6 is 0 Å². The molecule has 0 spiro atoms. The number of rotatable bonds is 7. The summed E-state index contributed by atoms with van der Waals surface area (Å²) in [5.41, 5.74) is 0.463. The number of benzene rings is 1. The van der Waals surface area contributed by atoms with Gasteiger partial charge in [0.15, 0.2) is 0 Å². The van der Waals surface area contributed by atoms with E-state index < -0.39 is 10.0 Å². The van der Waals surface area contributed by atoms with E-state index in [0.717, 1.165) is 0 Å². The number of carbonyl (C=O) groups excluding carboxylic acids is 1. The largest absolute Gasteiger partial charge is 0.383 e. The minimum atomic E-state index is -3.56. The Hall–Kier alpha value is -1.44. The van der Waals surface area contributed by atoms with Gasteiger partial charge in [-0.15, -0.1) is 0 Å². The van der Waals surface area contributed by atoms with Crippen LogP contribution in [0.3, 0.4) is 0 Å². The van der Waals surface area contributed by atoms with Crippen molar-refractivity contribution in [2.24, 2.45) is 0 Å². The third kappa shape index (κ3) is 4.29. The second-order valence-electron chi connectivity index (χ2n) is 4.23. The highest BCUT2D eigenvalue weighted by molar-refractivity contribution is 7.89. The molecule has 0 fully saturated rings. The van der Waals surface area contributed by atoms with Crippen molar-refractivity contribution in [1.29, 1.82) is 0 Å². The number of nitrogens with zero attached hydrogens (tertiary/aromatic N) is 1. The Bertz CT molecular complexity index is 540. The summed E-state index contributed by atoms with van der Waals surface area (Å²) in [5, 5.41) is 0. The van der Waals surface area contributed by atoms with E-state index >= 15 is 0 Å². The Balaban J connectivity index is 2.83. The zero-order chi connectivity index (χ0) is 15.2. The maximum atomic E-state index is 11.9. The monoisotopic (exact) mass is 300 g/mol. The van der Waals surface area contributed by atoms with Crippen molar-refractivity contribution in [3.63, 3.8) is 0 Å². The highest BCUT2D eigenvalue weighted by Crippen LogP contribution is 2.11. The zero-order valence-corrected chi connectivity index (χ0v) is 12.7. The molecule has 112 valence electrons. The average Bonchev–Trinajstić information content (AvgIpc) is 2.46. The molecule has 0 heterocycles. The van der Waals surface area contributed by atoms with Crippen LogP contribution in [0.4, 0.5) is 0 Å². The Morgan fingerprint density at radius 1 is 1.30 bits per heavy atom. The van der Waals surface area contributed by atoms with Crippen molar-refractivity contribution in [2.45, 2.75) is 11.8 Å². The van der Waals surface area contributed by atoms with Gasteiger partial charge < -0.3 is 9.64 Å². The van der Waals surface area contributed by atoms with E-state index in [1.165, 1.54) is 31.4 Å². The van der Waals surface area contributed by atoms with Gasteiger partial charge in [0.2, 0.25) is 10.0 Å². The molecule has 1 aromatic carbocycles. The van der Waals surface area contributed by atoms with Crippen LogP contribution in [-0.2, 0) is 14.8 Å². The SMILES string of the molecule is CCN(C)C(=O)c1ccc(S(=O)(=O)NCCOC)cc1. The van der Waals surface area contributed by atoms with Gasteiger partial charge >= 0.3 is 0 Å². The summed E-state index contributed by atoms with van der Waals surface area (Å²) in [6.07, 6.45) is 0. The minimum absolute atomic E-state index is 0.129. The first-order chi connectivity index (χ1) is 9.42. The molecule has 0 saturated heterocycles. The average molecular weight is 300 g/mol. The molecular formula is C13H20N2O4S. The summed E-state index contributed by atoms with van der Waals surface area (Å²) in [5.74, 6) is -0.135. The van der Waals surface area contributed by atoms with Crippen molar-refractivity contribution in [2.75, 3.05) is 33.9 Å². The maximum Gasteiger partial charge on any atom is 0.253 e. The summed E-state index contributed by atoms with van der Waals surface area (Å²) >= 11 is 0. The molecule has 6 nitrogen and oxygen atoms in total. The summed E-state index contributed by atoms with van der Waals surface area (Å²) in [6, 6.07) is 5.87. The molecule has 0 aliphatic rings. The van der Waals surface area contributed by atoms with Gasteiger partial charge in [-0.25, -0.2) is 13.1 Å². The van der Waals surface area contributed by atoms with Crippen molar-refractivity contribution in [3.8, 4) is 0 Å². The smallest absolute Gasteiger partial charge is 0.253 e. The first-order valence-electron chi connectivity index (χ1n) is 6.26. The topological polar surface area (TPSA) is 75.7 Å². The Morgan fingerprint density at radius 3 is 2.40 bits per heavy atom. The van der Waals surface area contributed by atoms with Crippen LogP contribution in [-0.4, -0.2) is 53.1 Å². The molecule has 0 aliphatic heterocycles. The maximum absolute atomic E-state index is 11.9. The fourth-order valence-corrected chi connectivity index (χ4v) is 2.52. The fourth-order valence-electron chi connectivity index (χ4n) is 1.50. The van der Waals surface area contributed by atoms with E-state index in [1.807, 2.05) is 6.92 Å². The molecule has 0 aliphatic carbocycles. The van der Waals surface area contributed by atoms with E-state index in [-0.39, 0.29) is 17.3 Å². The molecule has 0 unspecified atom stereocenters. The molecule has 1 N–H and O–H groups in total. The molecule has 0 radical (unpaired) electrons. The third-order valence-electron chi connectivity index (χ3n) is 2.83. The Morgan fingerprint density at radius 2 is 1.90 bits per heavy atom. The number of sulfonamides is 1. The fraction of sp³-hybridized carbons (Fsp3) is 0.462. The zero-order valence-electron chi connectivity index (χ0n) is 11.9. The van der Waals surface area contributed by atoms with Crippen molar-refractivity contribution >= 4 is 15.9 Å². The van der Waals surface area contributed by atoms with E-state index in [2.05, 4.69) is 4.72 Å². The first-order valence-corrected chi connectivity index (χ1v) is 7.74. The second-order valence-corrected chi connectivity index (χ2v) is 6.00. The second kappa shape index (κ2) is 7.37. The van der Waals surface area contributed by atoms with Gasteiger partial charge in [-0.2, -0.15) is 0 Å². The molecular weight excluding hydrogens is 280 g/mol. The van der Waals surface area contributed by atoms with Crippen LogP contribution in [0.25, 0.3) is 0 Å². The number of amides is 1. The lowest BCUT2D eigenvalue weighted by molar-refractivity contribution is 0.0802. The number of hydrogen-bond acceptors (Lipinski definition) is 4. The molecule has 1 aromatic rings. The van der Waals surface area contributed by atoms with E-state index in [0.29, 0.717) is 18.7 Å². The van der Waals surface area contributed by atoms with Crippen molar-refractivity contribution in [3.05, 3.63) is 29.8 Å². The van der Waals surface area contributed by atoms with Crippen LogP contribution in [0.15, 0.2) is 29.2 Å². The summed E-state index contributed by atoms with van der Waals surface area (Å²) in [7, 11) is -0.363.